The fourth-order valence-corrected chi connectivity index (χ4v) is 2.77. The van der Waals surface area contributed by atoms with Crippen molar-refractivity contribution in [2.24, 2.45) is 10.8 Å². The summed E-state index contributed by atoms with van der Waals surface area (Å²) >= 11 is 0. The second kappa shape index (κ2) is 12.3. The topological polar surface area (TPSA) is 104 Å². The Balaban J connectivity index is 4.57. The first-order valence-corrected chi connectivity index (χ1v) is 11.3. The highest BCUT2D eigenvalue weighted by atomic mass is 16.2. The van der Waals surface area contributed by atoms with Crippen molar-refractivity contribution in [2.75, 3.05) is 13.1 Å². The molecule has 0 aromatic heterocycles. The van der Waals surface area contributed by atoms with Gasteiger partial charge in [0, 0.05) is 35.8 Å². The van der Waals surface area contributed by atoms with Gasteiger partial charge in [-0.3, -0.25) is 19.2 Å². The maximum absolute atomic E-state index is 12.8. The molecule has 7 heteroatoms. The van der Waals surface area contributed by atoms with Gasteiger partial charge in [0.2, 0.25) is 11.8 Å². The number of amides is 2. The van der Waals surface area contributed by atoms with E-state index in [9.17, 15) is 19.2 Å². The van der Waals surface area contributed by atoms with E-state index in [1.807, 2.05) is 62.3 Å². The molecule has 0 heterocycles. The average Bonchev–Trinajstić information content (AvgIpc) is 2.60. The lowest BCUT2D eigenvalue weighted by molar-refractivity contribution is -0.133. The molecule has 0 rings (SSSR count). The quantitative estimate of drug-likeness (QED) is 0.405. The zero-order valence-corrected chi connectivity index (χ0v) is 21.2. The molecule has 0 aliphatic carbocycles. The predicted octanol–water partition coefficient (Wildman–Crippen LogP) is 3.16. The van der Waals surface area contributed by atoms with Crippen LogP contribution in [0.3, 0.4) is 0 Å². The van der Waals surface area contributed by atoms with Gasteiger partial charge < -0.3 is 16.0 Å². The third kappa shape index (κ3) is 14.0. The van der Waals surface area contributed by atoms with Crippen LogP contribution in [0.2, 0.25) is 0 Å². The number of hydrogen-bond acceptors (Lipinski definition) is 5. The Morgan fingerprint density at radius 1 is 0.742 bits per heavy atom. The second-order valence-electron chi connectivity index (χ2n) is 11.4. The van der Waals surface area contributed by atoms with E-state index in [1.54, 1.807) is 0 Å². The van der Waals surface area contributed by atoms with Crippen molar-refractivity contribution in [2.45, 2.75) is 106 Å². The van der Waals surface area contributed by atoms with Crippen LogP contribution in [0.25, 0.3) is 0 Å². The molecule has 0 aliphatic heterocycles. The highest BCUT2D eigenvalue weighted by molar-refractivity contribution is 5.93. The number of unbranched alkanes of at least 4 members (excludes halogenated alkanes) is 1. The van der Waals surface area contributed by atoms with E-state index in [-0.39, 0.29) is 48.3 Å². The Morgan fingerprint density at radius 2 is 1.32 bits per heavy atom. The summed E-state index contributed by atoms with van der Waals surface area (Å²) in [6.45, 7) is 17.8. The summed E-state index contributed by atoms with van der Waals surface area (Å²) in [4.78, 5) is 49.1. The van der Waals surface area contributed by atoms with Crippen LogP contribution in [-0.2, 0) is 19.2 Å². The van der Waals surface area contributed by atoms with E-state index >= 15 is 0 Å². The average molecular weight is 440 g/mol. The van der Waals surface area contributed by atoms with Crippen LogP contribution in [0.1, 0.15) is 94.4 Å². The van der Waals surface area contributed by atoms with Crippen LogP contribution in [-0.4, -0.2) is 48.1 Å². The molecule has 2 amide bonds. The highest BCUT2D eigenvalue weighted by Gasteiger charge is 2.30. The van der Waals surface area contributed by atoms with Crippen LogP contribution in [0.5, 0.6) is 0 Å². The summed E-state index contributed by atoms with van der Waals surface area (Å²) in [6, 6.07) is -0.588. The molecule has 0 radical (unpaired) electrons. The molecule has 0 saturated heterocycles. The molecule has 180 valence electrons. The molecule has 0 bridgehead atoms. The SMILES string of the molecule is CC(C)(C)NCC(=O)NCCCCC(NC(=O)CCC(=O)C(C)(C)C)C(=O)C(C)(C)C. The number of carbonyl (C=O) groups excluding carboxylic acids is 4. The van der Waals surface area contributed by atoms with Crippen LogP contribution in [0, 0.1) is 10.8 Å². The smallest absolute Gasteiger partial charge is 0.233 e. The molecule has 0 saturated carbocycles. The first kappa shape index (κ1) is 29.2. The number of rotatable bonds is 12. The van der Waals surface area contributed by atoms with Gasteiger partial charge in [0.05, 0.1) is 12.6 Å². The van der Waals surface area contributed by atoms with Crippen molar-refractivity contribution < 1.29 is 19.2 Å². The van der Waals surface area contributed by atoms with Crippen molar-refractivity contribution in [1.29, 1.82) is 0 Å². The molecule has 0 fully saturated rings. The van der Waals surface area contributed by atoms with Crippen LogP contribution in [0.15, 0.2) is 0 Å². The standard InChI is InChI=1S/C24H45N3O4/c1-22(2,3)18(28)13-14-19(29)27-17(21(31)23(4,5)6)12-10-11-15-25-20(30)16-26-24(7,8)9/h17,26H,10-16H2,1-9H3,(H,25,30)(H,27,29). The molecular formula is C24H45N3O4. The number of hydrogen-bond donors (Lipinski definition) is 3. The molecule has 0 aromatic rings. The lowest BCUT2D eigenvalue weighted by Crippen LogP contribution is -2.46. The lowest BCUT2D eigenvalue weighted by Gasteiger charge is -2.26. The zero-order chi connectivity index (χ0) is 24.5. The molecule has 0 aromatic carbocycles. The van der Waals surface area contributed by atoms with Crippen molar-refractivity contribution >= 4 is 23.4 Å². The minimum atomic E-state index is -0.588. The Morgan fingerprint density at radius 3 is 1.81 bits per heavy atom. The summed E-state index contributed by atoms with van der Waals surface area (Å²) in [5.74, 6) is -0.338. The zero-order valence-electron chi connectivity index (χ0n) is 21.2. The van der Waals surface area contributed by atoms with Crippen LogP contribution < -0.4 is 16.0 Å². The van der Waals surface area contributed by atoms with Gasteiger partial charge in [0.1, 0.15) is 5.78 Å². The lowest BCUT2D eigenvalue weighted by atomic mass is 9.84. The molecule has 1 unspecified atom stereocenters. The van der Waals surface area contributed by atoms with Gasteiger partial charge in [-0.1, -0.05) is 41.5 Å². The Kier molecular flexibility index (Phi) is 11.6. The van der Waals surface area contributed by atoms with E-state index < -0.39 is 16.9 Å². The van der Waals surface area contributed by atoms with E-state index in [0.29, 0.717) is 25.8 Å². The summed E-state index contributed by atoms with van der Waals surface area (Å²) in [5, 5.41) is 8.83. The molecule has 3 N–H and O–H groups in total. The third-order valence-electron chi connectivity index (χ3n) is 4.83. The van der Waals surface area contributed by atoms with Crippen LogP contribution >= 0.6 is 0 Å². The predicted molar refractivity (Wildman–Crippen MR) is 125 cm³/mol. The fourth-order valence-electron chi connectivity index (χ4n) is 2.77. The van der Waals surface area contributed by atoms with E-state index in [2.05, 4.69) is 16.0 Å². The number of nitrogens with one attached hydrogen (secondary N) is 3. The van der Waals surface area contributed by atoms with Crippen LogP contribution in [0.4, 0.5) is 0 Å². The Hall–Kier alpha value is -1.76. The third-order valence-corrected chi connectivity index (χ3v) is 4.83. The van der Waals surface area contributed by atoms with Crippen molar-refractivity contribution in [3.63, 3.8) is 0 Å². The van der Waals surface area contributed by atoms with Crippen molar-refractivity contribution in [1.82, 2.24) is 16.0 Å². The van der Waals surface area contributed by atoms with Gasteiger partial charge in [0.25, 0.3) is 0 Å². The monoisotopic (exact) mass is 439 g/mol. The van der Waals surface area contributed by atoms with Crippen molar-refractivity contribution in [3.05, 3.63) is 0 Å². The van der Waals surface area contributed by atoms with Gasteiger partial charge in [-0.2, -0.15) is 0 Å². The van der Waals surface area contributed by atoms with E-state index in [1.165, 1.54) is 0 Å². The van der Waals surface area contributed by atoms with Crippen molar-refractivity contribution in [3.8, 4) is 0 Å². The minimum Gasteiger partial charge on any atom is -0.355 e. The second-order valence-corrected chi connectivity index (χ2v) is 11.4. The minimum absolute atomic E-state index is 0.0260. The number of ketones is 2. The summed E-state index contributed by atoms with van der Waals surface area (Å²) in [7, 11) is 0. The molecule has 1 atom stereocenters. The van der Waals surface area contributed by atoms with E-state index in [0.717, 1.165) is 0 Å². The largest absolute Gasteiger partial charge is 0.355 e. The number of carbonyl (C=O) groups is 4. The van der Waals surface area contributed by atoms with Gasteiger partial charge >= 0.3 is 0 Å². The highest BCUT2D eigenvalue weighted by Crippen LogP contribution is 2.20. The number of Topliss-reactive ketones (excluding diaryl/α,β-unsaturated/α-hetero) is 2. The van der Waals surface area contributed by atoms with Gasteiger partial charge in [-0.05, 0) is 40.0 Å². The summed E-state index contributed by atoms with van der Waals surface area (Å²) in [6.07, 6.45) is 2.17. The maximum atomic E-state index is 12.8. The van der Waals surface area contributed by atoms with Gasteiger partial charge in [-0.25, -0.2) is 0 Å². The first-order chi connectivity index (χ1) is 13.9. The Labute approximate surface area is 188 Å². The molecule has 7 nitrogen and oxygen atoms in total. The maximum Gasteiger partial charge on any atom is 0.233 e. The van der Waals surface area contributed by atoms with E-state index in [4.69, 9.17) is 0 Å². The molecule has 0 spiro atoms. The molecule has 0 aliphatic rings. The first-order valence-electron chi connectivity index (χ1n) is 11.3. The molecule has 31 heavy (non-hydrogen) atoms. The normalized spacial score (nSPS) is 13.5. The Bertz CT molecular complexity index is 622. The van der Waals surface area contributed by atoms with Gasteiger partial charge in [0.15, 0.2) is 5.78 Å². The fraction of sp³-hybridized carbons (Fsp3) is 0.833. The molecular weight excluding hydrogens is 394 g/mol. The van der Waals surface area contributed by atoms with Gasteiger partial charge in [-0.15, -0.1) is 0 Å². The summed E-state index contributed by atoms with van der Waals surface area (Å²) in [5.41, 5.74) is -1.17. The summed E-state index contributed by atoms with van der Waals surface area (Å²) < 4.78 is 0.